The standard InChI is InChI=1S/C27H24F3N3O2/c1-18-2-5-22(12-21(18)6-4-20-13-31-17-32-14-20)26(35)11-19-3-7-23(25(10-19)27(28,29)30)15-33-9-8-24(34)16-33/h2-3,5,7,10,12-14,17,24,34H,8-9,11,15-16H2,1H3/t24-/m0/s1. The lowest BCUT2D eigenvalue weighted by Crippen LogP contribution is -2.23. The van der Waals surface area contributed by atoms with E-state index in [2.05, 4.69) is 21.8 Å². The van der Waals surface area contributed by atoms with Crippen molar-refractivity contribution in [2.45, 2.75) is 38.6 Å². The number of likely N-dealkylation sites (tertiary alicyclic amines) is 1. The lowest BCUT2D eigenvalue weighted by atomic mass is 9.96. The van der Waals surface area contributed by atoms with Gasteiger partial charge in [-0.3, -0.25) is 9.69 Å². The number of aromatic nitrogens is 2. The maximum atomic E-state index is 13.8. The lowest BCUT2D eigenvalue weighted by Gasteiger charge is -2.20. The molecule has 0 bridgehead atoms. The number of hydrogen-bond acceptors (Lipinski definition) is 5. The van der Waals surface area contributed by atoms with Crippen LogP contribution in [0.3, 0.4) is 0 Å². The highest BCUT2D eigenvalue weighted by Crippen LogP contribution is 2.34. The first kappa shape index (κ1) is 24.6. The van der Waals surface area contributed by atoms with Crippen molar-refractivity contribution in [2.75, 3.05) is 13.1 Å². The Kier molecular flexibility index (Phi) is 7.29. The Balaban J connectivity index is 1.54. The van der Waals surface area contributed by atoms with Gasteiger partial charge in [-0.2, -0.15) is 13.2 Å². The number of rotatable bonds is 5. The van der Waals surface area contributed by atoms with Crippen LogP contribution in [0.2, 0.25) is 0 Å². The van der Waals surface area contributed by atoms with Crippen LogP contribution in [0, 0.1) is 18.8 Å². The molecule has 0 spiro atoms. The third-order valence-corrected chi connectivity index (χ3v) is 5.95. The Hall–Kier alpha value is -3.54. The van der Waals surface area contributed by atoms with Crippen LogP contribution < -0.4 is 0 Å². The fourth-order valence-electron chi connectivity index (χ4n) is 4.05. The van der Waals surface area contributed by atoms with Crippen molar-refractivity contribution in [3.63, 3.8) is 0 Å². The van der Waals surface area contributed by atoms with Crippen LogP contribution in [-0.4, -0.2) is 45.0 Å². The molecule has 2 heterocycles. The molecular weight excluding hydrogens is 455 g/mol. The molecule has 8 heteroatoms. The summed E-state index contributed by atoms with van der Waals surface area (Å²) in [5.74, 6) is 5.67. The number of aryl methyl sites for hydroxylation is 1. The summed E-state index contributed by atoms with van der Waals surface area (Å²) in [6.07, 6.45) is -0.0872. The molecule has 5 nitrogen and oxygen atoms in total. The van der Waals surface area contributed by atoms with Crippen LogP contribution in [0.5, 0.6) is 0 Å². The minimum absolute atomic E-state index is 0.104. The number of alkyl halides is 3. The number of ketones is 1. The first-order chi connectivity index (χ1) is 16.7. The summed E-state index contributed by atoms with van der Waals surface area (Å²) < 4.78 is 41.4. The van der Waals surface area contributed by atoms with Crippen molar-refractivity contribution in [3.05, 3.63) is 94.1 Å². The molecular formula is C27H24F3N3O2. The minimum atomic E-state index is -4.54. The predicted molar refractivity (Wildman–Crippen MR) is 125 cm³/mol. The van der Waals surface area contributed by atoms with Gasteiger partial charge in [-0.15, -0.1) is 0 Å². The van der Waals surface area contributed by atoms with Crippen LogP contribution in [0.25, 0.3) is 0 Å². The summed E-state index contributed by atoms with van der Waals surface area (Å²) in [7, 11) is 0. The van der Waals surface area contributed by atoms with Crippen LogP contribution in [0.4, 0.5) is 13.2 Å². The third kappa shape index (κ3) is 6.32. The average Bonchev–Trinajstić information content (AvgIpc) is 3.24. The summed E-state index contributed by atoms with van der Waals surface area (Å²) in [4.78, 5) is 22.6. The third-order valence-electron chi connectivity index (χ3n) is 5.95. The molecule has 2 aromatic carbocycles. The van der Waals surface area contributed by atoms with E-state index in [0.29, 0.717) is 41.8 Å². The van der Waals surface area contributed by atoms with Gasteiger partial charge in [0.25, 0.3) is 0 Å². The maximum Gasteiger partial charge on any atom is 0.416 e. The second kappa shape index (κ2) is 10.4. The minimum Gasteiger partial charge on any atom is -0.392 e. The number of halogens is 3. The number of carbonyl (C=O) groups is 1. The number of β-amino-alcohol motifs (C(OH)–C–C–N with tert-alkyl or cyclic N) is 1. The lowest BCUT2D eigenvalue weighted by molar-refractivity contribution is -0.138. The van der Waals surface area contributed by atoms with E-state index in [-0.39, 0.29) is 24.3 Å². The SMILES string of the molecule is Cc1ccc(C(=O)Cc2ccc(CN3CC[C@H](O)C3)c(C(F)(F)F)c2)cc1C#Cc1cncnc1. The second-order valence-electron chi connectivity index (χ2n) is 8.67. The Morgan fingerprint density at radius 1 is 1.14 bits per heavy atom. The number of Topliss-reactive ketones (excluding diaryl/α,β-unsaturated/α-hetero) is 1. The fraction of sp³-hybridized carbons (Fsp3) is 0.296. The van der Waals surface area contributed by atoms with Crippen molar-refractivity contribution < 1.29 is 23.1 Å². The van der Waals surface area contributed by atoms with Crippen LogP contribution in [0.1, 0.15) is 50.2 Å². The zero-order valence-corrected chi connectivity index (χ0v) is 19.1. The molecule has 1 aliphatic heterocycles. The van der Waals surface area contributed by atoms with Crippen molar-refractivity contribution in [1.29, 1.82) is 0 Å². The molecule has 1 aliphatic rings. The van der Waals surface area contributed by atoms with Gasteiger partial charge in [0.05, 0.1) is 17.2 Å². The molecule has 35 heavy (non-hydrogen) atoms. The quantitative estimate of drug-likeness (QED) is 0.439. The molecule has 0 unspecified atom stereocenters. The first-order valence-corrected chi connectivity index (χ1v) is 11.2. The highest BCUT2D eigenvalue weighted by molar-refractivity contribution is 5.98. The van der Waals surface area contributed by atoms with Gasteiger partial charge in [0.2, 0.25) is 0 Å². The Morgan fingerprint density at radius 2 is 1.91 bits per heavy atom. The van der Waals surface area contributed by atoms with Crippen molar-refractivity contribution in [1.82, 2.24) is 14.9 Å². The second-order valence-corrected chi connectivity index (χ2v) is 8.67. The van der Waals surface area contributed by atoms with Crippen LogP contribution in [0.15, 0.2) is 55.1 Å². The molecule has 1 saturated heterocycles. The van der Waals surface area contributed by atoms with Crippen molar-refractivity contribution in [3.8, 4) is 11.8 Å². The molecule has 0 amide bonds. The van der Waals surface area contributed by atoms with E-state index >= 15 is 0 Å². The monoisotopic (exact) mass is 479 g/mol. The predicted octanol–water partition coefficient (Wildman–Crippen LogP) is 4.20. The van der Waals surface area contributed by atoms with E-state index < -0.39 is 17.8 Å². The summed E-state index contributed by atoms with van der Waals surface area (Å²) in [5.41, 5.74) is 2.23. The molecule has 0 radical (unpaired) electrons. The van der Waals surface area contributed by atoms with E-state index in [4.69, 9.17) is 0 Å². The summed E-state index contributed by atoms with van der Waals surface area (Å²) >= 11 is 0. The molecule has 1 aromatic heterocycles. The van der Waals surface area contributed by atoms with Gasteiger partial charge >= 0.3 is 6.18 Å². The zero-order chi connectivity index (χ0) is 25.0. The summed E-state index contributed by atoms with van der Waals surface area (Å²) in [6.45, 7) is 2.88. The fourth-order valence-corrected chi connectivity index (χ4v) is 4.05. The van der Waals surface area contributed by atoms with Crippen LogP contribution in [-0.2, 0) is 19.1 Å². The summed E-state index contributed by atoms with van der Waals surface area (Å²) in [6, 6.07) is 9.15. The van der Waals surface area contributed by atoms with Gasteiger partial charge in [0.15, 0.2) is 5.78 Å². The molecule has 3 aromatic rings. The number of aliphatic hydroxyl groups excluding tert-OH is 1. The highest BCUT2D eigenvalue weighted by atomic mass is 19.4. The van der Waals surface area contributed by atoms with E-state index in [9.17, 15) is 23.1 Å². The van der Waals surface area contributed by atoms with Crippen molar-refractivity contribution >= 4 is 5.78 Å². The summed E-state index contributed by atoms with van der Waals surface area (Å²) in [5, 5.41) is 9.67. The average molecular weight is 480 g/mol. The van der Waals surface area contributed by atoms with Gasteiger partial charge in [0, 0.05) is 49.6 Å². The molecule has 4 rings (SSSR count). The number of benzene rings is 2. The highest BCUT2D eigenvalue weighted by Gasteiger charge is 2.34. The molecule has 1 N–H and O–H groups in total. The largest absolute Gasteiger partial charge is 0.416 e. The number of hydrogen-bond donors (Lipinski definition) is 1. The maximum absolute atomic E-state index is 13.8. The molecule has 0 saturated carbocycles. The van der Waals surface area contributed by atoms with Crippen LogP contribution >= 0.6 is 0 Å². The smallest absolute Gasteiger partial charge is 0.392 e. The van der Waals surface area contributed by atoms with Gasteiger partial charge in [-0.1, -0.05) is 36.1 Å². The van der Waals surface area contributed by atoms with Gasteiger partial charge < -0.3 is 5.11 Å². The Bertz CT molecular complexity index is 1280. The molecule has 0 aliphatic carbocycles. The van der Waals surface area contributed by atoms with Gasteiger partial charge in [0.1, 0.15) is 6.33 Å². The number of carbonyl (C=O) groups excluding carboxylic acids is 1. The molecule has 1 fully saturated rings. The first-order valence-electron chi connectivity index (χ1n) is 11.2. The van der Waals surface area contributed by atoms with E-state index in [1.807, 2.05) is 6.92 Å². The normalized spacial score (nSPS) is 16.1. The molecule has 1 atom stereocenters. The topological polar surface area (TPSA) is 66.3 Å². The number of nitrogens with zero attached hydrogens (tertiary/aromatic N) is 3. The zero-order valence-electron chi connectivity index (χ0n) is 19.1. The number of aliphatic hydroxyl groups is 1. The van der Waals surface area contributed by atoms with E-state index in [1.54, 1.807) is 41.6 Å². The molecule has 180 valence electrons. The Morgan fingerprint density at radius 3 is 2.60 bits per heavy atom. The van der Waals surface area contributed by atoms with Gasteiger partial charge in [-0.05, 0) is 42.2 Å². The van der Waals surface area contributed by atoms with E-state index in [1.165, 1.54) is 12.4 Å². The Labute approximate surface area is 201 Å². The van der Waals surface area contributed by atoms with E-state index in [0.717, 1.165) is 11.6 Å². The van der Waals surface area contributed by atoms with Crippen molar-refractivity contribution in [2.24, 2.45) is 0 Å². The van der Waals surface area contributed by atoms with Gasteiger partial charge in [-0.25, -0.2) is 9.97 Å².